The molecule has 0 atom stereocenters. The Bertz CT molecular complexity index is 726. The minimum absolute atomic E-state index is 0.504. The van der Waals surface area contributed by atoms with Crippen molar-refractivity contribution in [1.82, 2.24) is 0 Å². The molecule has 1 saturated heterocycles. The van der Waals surface area contributed by atoms with Crippen molar-refractivity contribution in [2.45, 2.75) is 6.92 Å². The third kappa shape index (κ3) is 4.20. The van der Waals surface area contributed by atoms with E-state index in [4.69, 9.17) is 27.9 Å². The zero-order valence-electron chi connectivity index (χ0n) is 13.4. The van der Waals surface area contributed by atoms with Gasteiger partial charge in [0, 0.05) is 18.8 Å². The molecule has 1 aliphatic rings. The number of rotatable bonds is 4. The number of benzene rings is 2. The molecule has 1 aliphatic heterocycles. The third-order valence-corrected chi connectivity index (χ3v) is 4.67. The van der Waals surface area contributed by atoms with Crippen molar-refractivity contribution in [2.24, 2.45) is 5.10 Å². The number of hydrogen-bond donors (Lipinski definition) is 1. The molecule has 3 rings (SSSR count). The van der Waals surface area contributed by atoms with Crippen LogP contribution in [0, 0.1) is 0 Å². The second-order valence-electron chi connectivity index (χ2n) is 5.58. The Morgan fingerprint density at radius 3 is 2.42 bits per heavy atom. The Morgan fingerprint density at radius 1 is 1.04 bits per heavy atom. The summed E-state index contributed by atoms with van der Waals surface area (Å²) in [4.78, 5) is 2.33. The van der Waals surface area contributed by atoms with E-state index in [9.17, 15) is 0 Å². The van der Waals surface area contributed by atoms with E-state index in [0.29, 0.717) is 10.0 Å². The molecule has 0 aliphatic carbocycles. The second-order valence-corrected chi connectivity index (χ2v) is 6.40. The lowest BCUT2D eigenvalue weighted by atomic mass is 10.1. The van der Waals surface area contributed by atoms with E-state index >= 15 is 0 Å². The fraction of sp³-hybridized carbons (Fsp3) is 0.278. The fourth-order valence-electron chi connectivity index (χ4n) is 2.51. The number of hydrogen-bond acceptors (Lipinski definition) is 4. The molecular formula is C18H19Cl2N3O. The summed E-state index contributed by atoms with van der Waals surface area (Å²) in [7, 11) is 0. The summed E-state index contributed by atoms with van der Waals surface area (Å²) < 4.78 is 5.39. The predicted molar refractivity (Wildman–Crippen MR) is 102 cm³/mol. The van der Waals surface area contributed by atoms with Gasteiger partial charge in [-0.1, -0.05) is 35.3 Å². The highest BCUT2D eigenvalue weighted by Gasteiger charge is 2.11. The molecule has 1 fully saturated rings. The van der Waals surface area contributed by atoms with Crippen LogP contribution in [0.2, 0.25) is 10.0 Å². The molecule has 2 aromatic rings. The molecule has 0 aromatic heterocycles. The first kappa shape index (κ1) is 17.1. The molecule has 0 spiro atoms. The predicted octanol–water partition coefficient (Wildman–Crippen LogP) is 4.67. The molecular weight excluding hydrogens is 345 g/mol. The van der Waals surface area contributed by atoms with Crippen molar-refractivity contribution < 1.29 is 4.74 Å². The molecule has 0 radical (unpaired) electrons. The Kier molecular flexibility index (Phi) is 5.61. The highest BCUT2D eigenvalue weighted by atomic mass is 35.5. The lowest BCUT2D eigenvalue weighted by molar-refractivity contribution is 0.122. The molecule has 4 nitrogen and oxygen atoms in total. The van der Waals surface area contributed by atoms with E-state index in [1.165, 1.54) is 5.69 Å². The van der Waals surface area contributed by atoms with E-state index in [2.05, 4.69) is 39.7 Å². The van der Waals surface area contributed by atoms with Crippen LogP contribution in [0.25, 0.3) is 0 Å². The van der Waals surface area contributed by atoms with Crippen molar-refractivity contribution in [1.29, 1.82) is 0 Å². The maximum Gasteiger partial charge on any atom is 0.0648 e. The fourth-order valence-corrected chi connectivity index (χ4v) is 2.81. The topological polar surface area (TPSA) is 36.9 Å². The molecule has 126 valence electrons. The van der Waals surface area contributed by atoms with Gasteiger partial charge >= 0.3 is 0 Å². The van der Waals surface area contributed by atoms with Crippen LogP contribution in [0.5, 0.6) is 0 Å². The number of anilines is 2. The van der Waals surface area contributed by atoms with E-state index in [0.717, 1.165) is 43.3 Å². The maximum atomic E-state index is 6.00. The Balaban J connectivity index is 1.67. The number of hydrazone groups is 1. The standard InChI is InChI=1S/C18H19Cl2N3O/c1-13(21-22-15-4-7-17(19)18(20)12-15)14-2-5-16(6-3-14)23-8-10-24-11-9-23/h2-7,12,22H,8-11H2,1H3/b21-13+. The number of morpholine rings is 1. The Hall–Kier alpha value is -1.75. The number of nitrogens with zero attached hydrogens (tertiary/aromatic N) is 2. The van der Waals surface area contributed by atoms with E-state index < -0.39 is 0 Å². The van der Waals surface area contributed by atoms with Crippen LogP contribution < -0.4 is 10.3 Å². The highest BCUT2D eigenvalue weighted by molar-refractivity contribution is 6.42. The average Bonchev–Trinajstić information content (AvgIpc) is 2.63. The summed E-state index contributed by atoms with van der Waals surface area (Å²) in [6, 6.07) is 13.8. The minimum Gasteiger partial charge on any atom is -0.378 e. The molecule has 2 aromatic carbocycles. The summed E-state index contributed by atoms with van der Waals surface area (Å²) in [5.41, 5.74) is 6.99. The molecule has 0 unspecified atom stereocenters. The summed E-state index contributed by atoms with van der Waals surface area (Å²) in [6.07, 6.45) is 0. The van der Waals surface area contributed by atoms with Crippen molar-refractivity contribution in [3.8, 4) is 0 Å². The number of ether oxygens (including phenoxy) is 1. The van der Waals surface area contributed by atoms with Gasteiger partial charge in [-0.25, -0.2) is 0 Å². The third-order valence-electron chi connectivity index (χ3n) is 3.93. The maximum absolute atomic E-state index is 6.00. The smallest absolute Gasteiger partial charge is 0.0648 e. The molecule has 0 saturated carbocycles. The monoisotopic (exact) mass is 363 g/mol. The van der Waals surface area contributed by atoms with Gasteiger partial charge in [0.25, 0.3) is 0 Å². The summed E-state index contributed by atoms with van der Waals surface area (Å²) in [5.74, 6) is 0. The van der Waals surface area contributed by atoms with Gasteiger partial charge in [0.1, 0.15) is 0 Å². The Morgan fingerprint density at radius 2 is 1.75 bits per heavy atom. The second kappa shape index (κ2) is 7.88. The number of nitrogens with one attached hydrogen (secondary N) is 1. The van der Waals surface area contributed by atoms with Gasteiger partial charge in [-0.2, -0.15) is 5.10 Å². The van der Waals surface area contributed by atoms with Crippen LogP contribution in [-0.4, -0.2) is 32.0 Å². The normalized spacial score (nSPS) is 15.5. The first-order valence-corrected chi connectivity index (χ1v) is 8.57. The first-order chi connectivity index (χ1) is 11.6. The molecule has 1 heterocycles. The molecule has 0 bridgehead atoms. The van der Waals surface area contributed by atoms with E-state index in [1.54, 1.807) is 12.1 Å². The van der Waals surface area contributed by atoms with Crippen molar-refractivity contribution in [3.05, 3.63) is 58.1 Å². The lowest BCUT2D eigenvalue weighted by Crippen LogP contribution is -2.36. The van der Waals surface area contributed by atoms with Crippen LogP contribution in [0.1, 0.15) is 12.5 Å². The van der Waals surface area contributed by atoms with Gasteiger partial charge < -0.3 is 9.64 Å². The van der Waals surface area contributed by atoms with Gasteiger partial charge in [-0.15, -0.1) is 0 Å². The van der Waals surface area contributed by atoms with E-state index in [1.807, 2.05) is 13.0 Å². The van der Waals surface area contributed by atoms with Crippen LogP contribution in [-0.2, 0) is 4.74 Å². The van der Waals surface area contributed by atoms with Crippen LogP contribution in [0.3, 0.4) is 0 Å². The van der Waals surface area contributed by atoms with Crippen LogP contribution >= 0.6 is 23.2 Å². The minimum atomic E-state index is 0.504. The summed E-state index contributed by atoms with van der Waals surface area (Å²) in [6.45, 7) is 5.41. The van der Waals surface area contributed by atoms with Gasteiger partial charge in [0.05, 0.1) is 34.7 Å². The first-order valence-electron chi connectivity index (χ1n) is 7.82. The van der Waals surface area contributed by atoms with Gasteiger partial charge in [-0.3, -0.25) is 5.43 Å². The average molecular weight is 364 g/mol. The largest absolute Gasteiger partial charge is 0.378 e. The molecule has 1 N–H and O–H groups in total. The van der Waals surface area contributed by atoms with Crippen molar-refractivity contribution >= 4 is 40.3 Å². The number of halogens is 2. The zero-order chi connectivity index (χ0) is 16.9. The van der Waals surface area contributed by atoms with Crippen molar-refractivity contribution in [3.63, 3.8) is 0 Å². The lowest BCUT2D eigenvalue weighted by Gasteiger charge is -2.28. The molecule has 0 amide bonds. The van der Waals surface area contributed by atoms with Gasteiger partial charge in [0.2, 0.25) is 0 Å². The van der Waals surface area contributed by atoms with Crippen LogP contribution in [0.15, 0.2) is 47.6 Å². The zero-order valence-corrected chi connectivity index (χ0v) is 14.9. The van der Waals surface area contributed by atoms with Gasteiger partial charge in [0.15, 0.2) is 0 Å². The SMILES string of the molecule is C/C(=N\Nc1ccc(Cl)c(Cl)c1)c1ccc(N2CCOCC2)cc1. The van der Waals surface area contributed by atoms with Crippen molar-refractivity contribution in [2.75, 3.05) is 36.6 Å². The van der Waals surface area contributed by atoms with Crippen LogP contribution in [0.4, 0.5) is 11.4 Å². The summed E-state index contributed by atoms with van der Waals surface area (Å²) in [5, 5.41) is 5.44. The van der Waals surface area contributed by atoms with Gasteiger partial charge in [-0.05, 0) is 42.8 Å². The molecule has 6 heteroatoms. The Labute approximate surface area is 152 Å². The summed E-state index contributed by atoms with van der Waals surface area (Å²) >= 11 is 11.9. The molecule has 24 heavy (non-hydrogen) atoms. The van der Waals surface area contributed by atoms with E-state index in [-0.39, 0.29) is 0 Å². The quantitative estimate of drug-likeness (QED) is 0.633. The highest BCUT2D eigenvalue weighted by Crippen LogP contribution is 2.25.